The maximum Gasteiger partial charge on any atom is 0.297 e. The summed E-state index contributed by atoms with van der Waals surface area (Å²) in [5, 5.41) is 3.49. The van der Waals surface area contributed by atoms with Crippen molar-refractivity contribution in [3.63, 3.8) is 0 Å². The fourth-order valence-corrected chi connectivity index (χ4v) is 4.18. The number of aryl methyl sites for hydroxylation is 1. The number of nitrogens with zero attached hydrogens (tertiary/aromatic N) is 4. The van der Waals surface area contributed by atoms with Crippen LogP contribution in [0.4, 0.5) is 5.95 Å². The topological polar surface area (TPSA) is 74.0 Å². The highest BCUT2D eigenvalue weighted by Crippen LogP contribution is 2.30. The SMILES string of the molecule is COc1c(-c2nc3ccccc3n2C)nc(NC(c2ccccc2)c2ccccc2)n(C)c1=O. The number of para-hydroxylation sites is 2. The lowest BCUT2D eigenvalue weighted by Crippen LogP contribution is -2.26. The molecule has 0 amide bonds. The Labute approximate surface area is 197 Å². The molecule has 5 aromatic rings. The first-order valence-electron chi connectivity index (χ1n) is 11.0. The Balaban J connectivity index is 1.68. The minimum Gasteiger partial charge on any atom is -0.489 e. The summed E-state index contributed by atoms with van der Waals surface area (Å²) < 4.78 is 8.92. The highest BCUT2D eigenvalue weighted by atomic mass is 16.5. The maximum absolute atomic E-state index is 13.3. The molecule has 0 saturated carbocycles. The van der Waals surface area contributed by atoms with E-state index in [-0.39, 0.29) is 17.4 Å². The van der Waals surface area contributed by atoms with Gasteiger partial charge in [-0.2, -0.15) is 0 Å². The molecule has 0 fully saturated rings. The molecule has 5 rings (SSSR count). The molecule has 7 heteroatoms. The van der Waals surface area contributed by atoms with Gasteiger partial charge in [-0.15, -0.1) is 0 Å². The predicted molar refractivity (Wildman–Crippen MR) is 134 cm³/mol. The van der Waals surface area contributed by atoms with E-state index in [0.29, 0.717) is 17.5 Å². The van der Waals surface area contributed by atoms with E-state index in [4.69, 9.17) is 14.7 Å². The monoisotopic (exact) mass is 451 g/mol. The first kappa shape index (κ1) is 21.5. The number of fused-ring (bicyclic) bond motifs is 1. The lowest BCUT2D eigenvalue weighted by atomic mass is 9.99. The summed E-state index contributed by atoms with van der Waals surface area (Å²) in [6.07, 6.45) is 0. The van der Waals surface area contributed by atoms with E-state index in [1.54, 1.807) is 7.05 Å². The summed E-state index contributed by atoms with van der Waals surface area (Å²) >= 11 is 0. The van der Waals surface area contributed by atoms with Gasteiger partial charge in [0.15, 0.2) is 11.5 Å². The molecule has 3 aromatic carbocycles. The molecule has 0 unspecified atom stereocenters. The number of rotatable bonds is 6. The molecule has 7 nitrogen and oxygen atoms in total. The highest BCUT2D eigenvalue weighted by molar-refractivity contribution is 5.81. The average molecular weight is 452 g/mol. The molecule has 170 valence electrons. The van der Waals surface area contributed by atoms with Gasteiger partial charge < -0.3 is 14.6 Å². The molecule has 0 spiro atoms. The van der Waals surface area contributed by atoms with Crippen LogP contribution in [-0.2, 0) is 14.1 Å². The van der Waals surface area contributed by atoms with E-state index >= 15 is 0 Å². The summed E-state index contributed by atoms with van der Waals surface area (Å²) in [5.41, 5.74) is 3.99. The van der Waals surface area contributed by atoms with Crippen molar-refractivity contribution < 1.29 is 4.74 Å². The summed E-state index contributed by atoms with van der Waals surface area (Å²) in [6.45, 7) is 0. The molecule has 1 N–H and O–H groups in total. The van der Waals surface area contributed by atoms with Crippen molar-refractivity contribution in [3.05, 3.63) is 106 Å². The van der Waals surface area contributed by atoms with Crippen LogP contribution in [0.1, 0.15) is 17.2 Å². The standard InChI is InChI=1S/C27H25N5O2/c1-31-21-17-11-10-16-20(21)28-25(31)23-24(34-3)26(33)32(2)27(30-23)29-22(18-12-6-4-7-13-18)19-14-8-5-9-15-19/h4-17,22H,1-3H3,(H,29,30). The molecule has 2 aromatic heterocycles. The lowest BCUT2D eigenvalue weighted by Gasteiger charge is -2.22. The smallest absolute Gasteiger partial charge is 0.297 e. The minimum absolute atomic E-state index is 0.155. The number of methoxy groups -OCH3 is 1. The van der Waals surface area contributed by atoms with Crippen molar-refractivity contribution in [3.8, 4) is 17.3 Å². The second kappa shape index (κ2) is 8.86. The first-order valence-corrected chi connectivity index (χ1v) is 11.0. The van der Waals surface area contributed by atoms with Crippen LogP contribution in [0.5, 0.6) is 5.75 Å². The number of nitrogens with one attached hydrogen (secondary N) is 1. The van der Waals surface area contributed by atoms with E-state index in [2.05, 4.69) is 29.6 Å². The third-order valence-electron chi connectivity index (χ3n) is 5.99. The van der Waals surface area contributed by atoms with Crippen LogP contribution in [-0.4, -0.2) is 26.2 Å². The second-order valence-electron chi connectivity index (χ2n) is 8.06. The van der Waals surface area contributed by atoms with E-state index < -0.39 is 0 Å². The van der Waals surface area contributed by atoms with E-state index in [1.165, 1.54) is 11.7 Å². The molecule has 0 aliphatic carbocycles. The third-order valence-corrected chi connectivity index (χ3v) is 5.99. The van der Waals surface area contributed by atoms with Gasteiger partial charge in [0.1, 0.15) is 0 Å². The molecular formula is C27H25N5O2. The van der Waals surface area contributed by atoms with Crippen molar-refractivity contribution in [2.24, 2.45) is 14.1 Å². The van der Waals surface area contributed by atoms with Gasteiger partial charge >= 0.3 is 0 Å². The minimum atomic E-state index is -0.290. The van der Waals surface area contributed by atoms with Gasteiger partial charge in [-0.05, 0) is 23.3 Å². The van der Waals surface area contributed by atoms with Crippen molar-refractivity contribution in [1.82, 2.24) is 19.1 Å². The normalized spacial score (nSPS) is 11.2. The van der Waals surface area contributed by atoms with Crippen LogP contribution in [0.2, 0.25) is 0 Å². The summed E-state index contributed by atoms with van der Waals surface area (Å²) in [5.74, 6) is 1.14. The van der Waals surface area contributed by atoms with Gasteiger partial charge in [0, 0.05) is 14.1 Å². The average Bonchev–Trinajstić information content (AvgIpc) is 3.22. The van der Waals surface area contributed by atoms with E-state index in [0.717, 1.165) is 22.2 Å². The number of aromatic nitrogens is 4. The molecule has 0 atom stereocenters. The van der Waals surface area contributed by atoms with Crippen LogP contribution in [0.3, 0.4) is 0 Å². The Morgan fingerprint density at radius 2 is 1.38 bits per heavy atom. The van der Waals surface area contributed by atoms with E-state index in [1.807, 2.05) is 72.3 Å². The molecule has 0 aliphatic heterocycles. The fraction of sp³-hybridized carbons (Fsp3) is 0.148. The molecule has 0 aliphatic rings. The van der Waals surface area contributed by atoms with Gasteiger partial charge in [0.25, 0.3) is 5.56 Å². The number of hydrogen-bond donors (Lipinski definition) is 1. The van der Waals surface area contributed by atoms with Gasteiger partial charge in [-0.1, -0.05) is 72.8 Å². The zero-order valence-corrected chi connectivity index (χ0v) is 19.3. The molecule has 0 saturated heterocycles. The van der Waals surface area contributed by atoms with Crippen molar-refractivity contribution in [2.75, 3.05) is 12.4 Å². The predicted octanol–water partition coefficient (Wildman–Crippen LogP) is 4.54. The number of hydrogen-bond acceptors (Lipinski definition) is 5. The summed E-state index contributed by atoms with van der Waals surface area (Å²) in [4.78, 5) is 22.9. The summed E-state index contributed by atoms with van der Waals surface area (Å²) in [7, 11) is 5.08. The van der Waals surface area contributed by atoms with Crippen LogP contribution in [0.25, 0.3) is 22.6 Å². The zero-order chi connectivity index (χ0) is 23.7. The number of benzene rings is 3. The van der Waals surface area contributed by atoms with Gasteiger partial charge in [0.05, 0.1) is 24.2 Å². The van der Waals surface area contributed by atoms with Crippen LogP contribution in [0, 0.1) is 0 Å². The molecular weight excluding hydrogens is 426 g/mol. The third kappa shape index (κ3) is 3.71. The van der Waals surface area contributed by atoms with Crippen molar-refractivity contribution in [1.29, 1.82) is 0 Å². The maximum atomic E-state index is 13.3. The largest absolute Gasteiger partial charge is 0.489 e. The highest BCUT2D eigenvalue weighted by Gasteiger charge is 2.23. The molecule has 2 heterocycles. The number of imidazole rings is 1. The lowest BCUT2D eigenvalue weighted by molar-refractivity contribution is 0.404. The van der Waals surface area contributed by atoms with Gasteiger partial charge in [0.2, 0.25) is 11.7 Å². The molecule has 0 radical (unpaired) electrons. The van der Waals surface area contributed by atoms with Crippen LogP contribution < -0.4 is 15.6 Å². The Kier molecular flexibility index (Phi) is 5.59. The molecule has 34 heavy (non-hydrogen) atoms. The van der Waals surface area contributed by atoms with Crippen molar-refractivity contribution >= 4 is 17.0 Å². The Morgan fingerprint density at radius 1 is 0.794 bits per heavy atom. The Bertz CT molecular complexity index is 1470. The van der Waals surface area contributed by atoms with Crippen molar-refractivity contribution in [2.45, 2.75) is 6.04 Å². The fourth-order valence-electron chi connectivity index (χ4n) is 4.18. The van der Waals surface area contributed by atoms with Gasteiger partial charge in [-0.3, -0.25) is 9.36 Å². The second-order valence-corrected chi connectivity index (χ2v) is 8.06. The van der Waals surface area contributed by atoms with Crippen LogP contribution >= 0.6 is 0 Å². The van der Waals surface area contributed by atoms with Gasteiger partial charge in [-0.25, -0.2) is 9.97 Å². The number of anilines is 1. The molecule has 0 bridgehead atoms. The quantitative estimate of drug-likeness (QED) is 0.410. The van der Waals surface area contributed by atoms with E-state index in [9.17, 15) is 4.79 Å². The van der Waals surface area contributed by atoms with Crippen LogP contribution in [0.15, 0.2) is 89.7 Å². The Hall–Kier alpha value is -4.39. The summed E-state index contributed by atoms with van der Waals surface area (Å²) in [6, 6.07) is 27.8. The zero-order valence-electron chi connectivity index (χ0n) is 19.3. The Morgan fingerprint density at radius 3 is 1.97 bits per heavy atom. The first-order chi connectivity index (χ1) is 16.6. The number of ether oxygens (including phenoxy) is 1.